The summed E-state index contributed by atoms with van der Waals surface area (Å²) < 4.78 is 28.5. The van der Waals surface area contributed by atoms with Crippen LogP contribution in [0, 0.1) is 6.92 Å². The molecule has 2 aromatic carbocycles. The Kier molecular flexibility index (Phi) is 4.84. The van der Waals surface area contributed by atoms with Crippen molar-refractivity contribution in [3.63, 3.8) is 0 Å². The van der Waals surface area contributed by atoms with Gasteiger partial charge in [-0.2, -0.15) is 0 Å². The van der Waals surface area contributed by atoms with E-state index < -0.39 is 6.10 Å². The summed E-state index contributed by atoms with van der Waals surface area (Å²) in [5.74, 6) is 1.94. The molecule has 2 heterocycles. The van der Waals surface area contributed by atoms with Gasteiger partial charge in [-0.1, -0.05) is 0 Å². The Morgan fingerprint density at radius 1 is 0.938 bits per heavy atom. The summed E-state index contributed by atoms with van der Waals surface area (Å²) in [4.78, 5) is 25.7. The van der Waals surface area contributed by atoms with Gasteiger partial charge >= 0.3 is 5.63 Å². The predicted octanol–water partition coefficient (Wildman–Crippen LogP) is 4.32. The number of hydrogen-bond donors (Lipinski definition) is 0. The third-order valence-electron chi connectivity index (χ3n) is 6.38. The van der Waals surface area contributed by atoms with Crippen LogP contribution in [0.15, 0.2) is 27.4 Å². The second-order valence-corrected chi connectivity index (χ2v) is 8.16. The number of ether oxygens (including phenoxy) is 4. The predicted molar refractivity (Wildman–Crippen MR) is 118 cm³/mol. The van der Waals surface area contributed by atoms with Gasteiger partial charge in [0.2, 0.25) is 5.75 Å². The number of benzene rings is 2. The lowest BCUT2D eigenvalue weighted by molar-refractivity contribution is 0.0851. The zero-order chi connectivity index (χ0) is 22.6. The van der Waals surface area contributed by atoms with Crippen molar-refractivity contribution in [2.24, 2.45) is 0 Å². The number of carbonyl (C=O) groups excluding carboxylic acids is 1. The van der Waals surface area contributed by atoms with Crippen molar-refractivity contribution in [2.45, 2.75) is 38.7 Å². The number of fused-ring (bicyclic) bond motifs is 5. The summed E-state index contributed by atoms with van der Waals surface area (Å²) in [6.07, 6.45) is 1.96. The molecular weight excluding hydrogens is 412 g/mol. The van der Waals surface area contributed by atoms with E-state index in [1.807, 2.05) is 6.92 Å². The van der Waals surface area contributed by atoms with Crippen LogP contribution in [-0.4, -0.2) is 27.1 Å². The standard InChI is InChI=1S/C25H24O7/c1-12-8-18-22(14-6-5-7-15(14)25(27)32-18)24-21(12)16(26)11-17(31-24)13-9-19(28-2)23(30-4)20(10-13)29-3/h8-10,17H,5-7,11H2,1-4H3/t17-/m0/s1. The normalized spacial score (nSPS) is 17.0. The molecule has 0 spiro atoms. The van der Waals surface area contributed by atoms with E-state index in [9.17, 15) is 9.59 Å². The third kappa shape index (κ3) is 2.95. The number of aryl methyl sites for hydroxylation is 2. The fourth-order valence-electron chi connectivity index (χ4n) is 4.92. The molecule has 0 saturated carbocycles. The molecule has 0 N–H and O–H groups in total. The van der Waals surface area contributed by atoms with Gasteiger partial charge in [0.05, 0.1) is 38.7 Å². The maximum Gasteiger partial charge on any atom is 0.339 e. The van der Waals surface area contributed by atoms with Crippen molar-refractivity contribution in [1.82, 2.24) is 0 Å². The van der Waals surface area contributed by atoms with E-state index in [1.165, 1.54) is 0 Å². The van der Waals surface area contributed by atoms with Crippen LogP contribution in [0.5, 0.6) is 23.0 Å². The third-order valence-corrected chi connectivity index (χ3v) is 6.38. The summed E-state index contributed by atoms with van der Waals surface area (Å²) in [5.41, 5.74) is 3.83. The van der Waals surface area contributed by atoms with Crippen LogP contribution < -0.4 is 24.6 Å². The summed E-state index contributed by atoms with van der Waals surface area (Å²) in [6.45, 7) is 1.84. The molecule has 32 heavy (non-hydrogen) atoms. The lowest BCUT2D eigenvalue weighted by atomic mass is 9.90. The molecule has 0 bridgehead atoms. The van der Waals surface area contributed by atoms with Gasteiger partial charge < -0.3 is 23.4 Å². The Bertz CT molecular complexity index is 1290. The first kappa shape index (κ1) is 20.4. The summed E-state index contributed by atoms with van der Waals surface area (Å²) in [6, 6.07) is 5.37. The smallest absolute Gasteiger partial charge is 0.339 e. The zero-order valence-electron chi connectivity index (χ0n) is 18.5. The fourth-order valence-corrected chi connectivity index (χ4v) is 4.92. The highest BCUT2D eigenvalue weighted by Gasteiger charge is 2.34. The van der Waals surface area contributed by atoms with E-state index in [4.69, 9.17) is 23.4 Å². The largest absolute Gasteiger partial charge is 0.493 e. The number of hydrogen-bond acceptors (Lipinski definition) is 7. The molecule has 0 radical (unpaired) electrons. The second-order valence-electron chi connectivity index (χ2n) is 8.16. The SMILES string of the molecule is COc1cc([C@@H]2CC(=O)c3c(C)cc4oc(=O)c5c(c4c3O2)CCC5)cc(OC)c1OC. The monoisotopic (exact) mass is 436 g/mol. The minimum atomic E-state index is -0.544. The number of carbonyl (C=O) groups is 1. The van der Waals surface area contributed by atoms with Crippen molar-refractivity contribution in [2.75, 3.05) is 21.3 Å². The van der Waals surface area contributed by atoms with Crippen LogP contribution in [0.1, 0.15) is 51.6 Å². The second kappa shape index (κ2) is 7.58. The maximum atomic E-state index is 13.3. The first-order valence-electron chi connectivity index (χ1n) is 10.6. The van der Waals surface area contributed by atoms with Gasteiger partial charge in [-0.25, -0.2) is 4.79 Å². The summed E-state index contributed by atoms with van der Waals surface area (Å²) >= 11 is 0. The van der Waals surface area contributed by atoms with Crippen molar-refractivity contribution in [3.8, 4) is 23.0 Å². The molecule has 1 aliphatic carbocycles. The average Bonchev–Trinajstić information content (AvgIpc) is 3.28. The highest BCUT2D eigenvalue weighted by molar-refractivity contribution is 6.07. The molecule has 7 heteroatoms. The molecule has 0 fully saturated rings. The van der Waals surface area contributed by atoms with E-state index in [-0.39, 0.29) is 17.8 Å². The molecule has 0 unspecified atom stereocenters. The lowest BCUT2D eigenvalue weighted by Gasteiger charge is -2.29. The number of ketones is 1. The Morgan fingerprint density at radius 3 is 2.28 bits per heavy atom. The Morgan fingerprint density at radius 2 is 1.62 bits per heavy atom. The summed E-state index contributed by atoms with van der Waals surface area (Å²) in [5, 5.41) is 0.739. The topological polar surface area (TPSA) is 84.2 Å². The van der Waals surface area contributed by atoms with Crippen LogP contribution >= 0.6 is 0 Å². The van der Waals surface area contributed by atoms with E-state index in [1.54, 1.807) is 39.5 Å². The quantitative estimate of drug-likeness (QED) is 0.563. The molecule has 166 valence electrons. The average molecular weight is 436 g/mol. The molecule has 0 saturated heterocycles. The van der Waals surface area contributed by atoms with E-state index in [0.29, 0.717) is 46.1 Å². The van der Waals surface area contributed by atoms with Gasteiger partial charge in [0.25, 0.3) is 0 Å². The van der Waals surface area contributed by atoms with Gasteiger partial charge in [-0.15, -0.1) is 0 Å². The van der Waals surface area contributed by atoms with Gasteiger partial charge in [0, 0.05) is 11.1 Å². The molecule has 3 aromatic rings. The molecule has 1 aromatic heterocycles. The van der Waals surface area contributed by atoms with Crippen LogP contribution in [0.25, 0.3) is 11.0 Å². The van der Waals surface area contributed by atoms with Crippen LogP contribution in [0.3, 0.4) is 0 Å². The number of Topliss-reactive ketones (excluding diaryl/α,β-unsaturated/α-hetero) is 1. The van der Waals surface area contributed by atoms with Crippen molar-refractivity contribution < 1.29 is 28.2 Å². The van der Waals surface area contributed by atoms with Gasteiger partial charge in [0.15, 0.2) is 17.3 Å². The van der Waals surface area contributed by atoms with Crippen LogP contribution in [-0.2, 0) is 12.8 Å². The molecular formula is C25H24O7. The van der Waals surface area contributed by atoms with Crippen LogP contribution in [0.4, 0.5) is 0 Å². The van der Waals surface area contributed by atoms with Crippen LogP contribution in [0.2, 0.25) is 0 Å². The van der Waals surface area contributed by atoms with E-state index in [2.05, 4.69) is 0 Å². The minimum Gasteiger partial charge on any atom is -0.493 e. The van der Waals surface area contributed by atoms with E-state index in [0.717, 1.165) is 34.9 Å². The number of methoxy groups -OCH3 is 3. The van der Waals surface area contributed by atoms with Gasteiger partial charge in [0.1, 0.15) is 17.4 Å². The molecule has 2 aliphatic rings. The van der Waals surface area contributed by atoms with Crippen molar-refractivity contribution in [1.29, 1.82) is 0 Å². The van der Waals surface area contributed by atoms with Gasteiger partial charge in [-0.3, -0.25) is 4.79 Å². The first-order valence-corrected chi connectivity index (χ1v) is 10.6. The van der Waals surface area contributed by atoms with Crippen molar-refractivity contribution in [3.05, 3.63) is 56.4 Å². The molecule has 0 amide bonds. The van der Waals surface area contributed by atoms with Crippen molar-refractivity contribution >= 4 is 16.8 Å². The van der Waals surface area contributed by atoms with E-state index >= 15 is 0 Å². The minimum absolute atomic E-state index is 0.0117. The fraction of sp³-hybridized carbons (Fsp3) is 0.360. The molecule has 1 aliphatic heterocycles. The molecule has 5 rings (SSSR count). The Balaban J connectivity index is 1.71. The van der Waals surface area contributed by atoms with Gasteiger partial charge in [-0.05, 0) is 55.5 Å². The summed E-state index contributed by atoms with van der Waals surface area (Å²) in [7, 11) is 4.64. The first-order chi connectivity index (χ1) is 15.5. The highest BCUT2D eigenvalue weighted by Crippen LogP contribution is 2.47. The number of rotatable bonds is 4. The molecule has 1 atom stereocenters. The maximum absolute atomic E-state index is 13.3. The Labute approximate surface area is 184 Å². The Hall–Kier alpha value is -3.48. The zero-order valence-corrected chi connectivity index (χ0v) is 18.5. The molecule has 7 nitrogen and oxygen atoms in total. The lowest BCUT2D eigenvalue weighted by Crippen LogP contribution is -2.22. The highest BCUT2D eigenvalue weighted by atomic mass is 16.5.